The number of rotatable bonds is 7. The molecule has 3 aromatic rings. The lowest BCUT2D eigenvalue weighted by atomic mass is 10.1. The van der Waals surface area contributed by atoms with Crippen molar-refractivity contribution in [3.05, 3.63) is 82.0 Å². The average molecular weight is 391 g/mol. The van der Waals surface area contributed by atoms with Crippen molar-refractivity contribution in [2.45, 2.75) is 0 Å². The van der Waals surface area contributed by atoms with Crippen LogP contribution in [0.25, 0.3) is 17.3 Å². The number of methoxy groups -OCH3 is 1. The van der Waals surface area contributed by atoms with Gasteiger partial charge in [-0.2, -0.15) is 10.2 Å². The Bertz CT molecular complexity index is 1070. The number of para-hydroxylation sites is 1. The van der Waals surface area contributed by atoms with E-state index in [0.29, 0.717) is 11.3 Å². The van der Waals surface area contributed by atoms with Gasteiger partial charge in [0.1, 0.15) is 11.4 Å². The number of aromatic nitrogens is 2. The molecule has 0 saturated carbocycles. The molecule has 0 unspecified atom stereocenters. The number of aromatic amines is 1. The van der Waals surface area contributed by atoms with Gasteiger partial charge >= 0.3 is 0 Å². The van der Waals surface area contributed by atoms with E-state index >= 15 is 0 Å². The second-order valence-corrected chi connectivity index (χ2v) is 5.79. The van der Waals surface area contributed by atoms with Gasteiger partial charge in [0.05, 0.1) is 23.3 Å². The number of nitrogens with one attached hydrogen (secondary N) is 2. The second-order valence-electron chi connectivity index (χ2n) is 5.79. The Hall–Kier alpha value is -4.27. The van der Waals surface area contributed by atoms with Gasteiger partial charge in [-0.3, -0.25) is 20.0 Å². The van der Waals surface area contributed by atoms with Gasteiger partial charge in [-0.1, -0.05) is 12.1 Å². The zero-order valence-electron chi connectivity index (χ0n) is 15.4. The Balaban J connectivity index is 1.60. The van der Waals surface area contributed by atoms with Crippen LogP contribution in [0.15, 0.2) is 65.8 Å². The summed E-state index contributed by atoms with van der Waals surface area (Å²) < 4.78 is 5.11. The third-order valence-corrected chi connectivity index (χ3v) is 3.94. The molecule has 1 heterocycles. The Morgan fingerprint density at radius 1 is 1.24 bits per heavy atom. The molecule has 2 aromatic carbocycles. The molecule has 9 nitrogen and oxygen atoms in total. The molecule has 9 heteroatoms. The zero-order valence-corrected chi connectivity index (χ0v) is 15.4. The number of hydrogen-bond acceptors (Lipinski definition) is 6. The molecule has 3 rings (SSSR count). The summed E-state index contributed by atoms with van der Waals surface area (Å²) in [6, 6.07) is 15.2. The van der Waals surface area contributed by atoms with Crippen molar-refractivity contribution in [2.24, 2.45) is 5.10 Å². The molecule has 0 spiro atoms. The van der Waals surface area contributed by atoms with Crippen molar-refractivity contribution in [3.63, 3.8) is 0 Å². The summed E-state index contributed by atoms with van der Waals surface area (Å²) >= 11 is 0. The number of nitrogens with zero attached hydrogens (tertiary/aromatic N) is 3. The Labute approximate surface area is 165 Å². The summed E-state index contributed by atoms with van der Waals surface area (Å²) in [6.45, 7) is 0. The van der Waals surface area contributed by atoms with E-state index < -0.39 is 10.8 Å². The molecule has 0 saturated heterocycles. The van der Waals surface area contributed by atoms with Crippen molar-refractivity contribution in [1.29, 1.82) is 0 Å². The maximum atomic E-state index is 12.1. The van der Waals surface area contributed by atoms with E-state index in [1.54, 1.807) is 43.5 Å². The summed E-state index contributed by atoms with van der Waals surface area (Å²) in [6.07, 6.45) is 4.36. The second kappa shape index (κ2) is 9.09. The fraction of sp³-hybridized carbons (Fsp3) is 0.0500. The minimum Gasteiger partial charge on any atom is -0.497 e. The Morgan fingerprint density at radius 2 is 2.00 bits per heavy atom. The van der Waals surface area contributed by atoms with E-state index in [9.17, 15) is 14.9 Å². The molecule has 146 valence electrons. The van der Waals surface area contributed by atoms with Crippen molar-refractivity contribution >= 4 is 23.9 Å². The number of nitro benzene ring substituents is 1. The minimum atomic E-state index is -0.465. The van der Waals surface area contributed by atoms with Crippen LogP contribution in [0.5, 0.6) is 5.75 Å². The lowest BCUT2D eigenvalue weighted by molar-refractivity contribution is -0.385. The number of H-pyrrole nitrogens is 1. The van der Waals surface area contributed by atoms with E-state index in [1.807, 2.05) is 12.1 Å². The monoisotopic (exact) mass is 391 g/mol. The van der Waals surface area contributed by atoms with Crippen LogP contribution in [-0.4, -0.2) is 34.4 Å². The number of amides is 1. The summed E-state index contributed by atoms with van der Waals surface area (Å²) in [5, 5.41) is 21.5. The third-order valence-electron chi connectivity index (χ3n) is 3.94. The highest BCUT2D eigenvalue weighted by Gasteiger charge is 2.11. The molecule has 0 bridgehead atoms. The first-order chi connectivity index (χ1) is 14.1. The van der Waals surface area contributed by atoms with Gasteiger partial charge in [0, 0.05) is 17.8 Å². The Kier molecular flexibility index (Phi) is 6.11. The number of allylic oxidation sites excluding steroid dienone is 1. The topological polar surface area (TPSA) is 123 Å². The quantitative estimate of drug-likeness (QED) is 0.363. The van der Waals surface area contributed by atoms with E-state index in [-0.39, 0.29) is 11.4 Å². The maximum Gasteiger partial charge on any atom is 0.289 e. The predicted molar refractivity (Wildman–Crippen MR) is 109 cm³/mol. The zero-order chi connectivity index (χ0) is 20.6. The molecule has 0 radical (unpaired) electrons. The van der Waals surface area contributed by atoms with E-state index in [1.165, 1.54) is 24.4 Å². The maximum absolute atomic E-state index is 12.1. The van der Waals surface area contributed by atoms with Crippen molar-refractivity contribution in [1.82, 2.24) is 15.6 Å². The van der Waals surface area contributed by atoms with Crippen LogP contribution in [-0.2, 0) is 0 Å². The van der Waals surface area contributed by atoms with Gasteiger partial charge in [0.15, 0.2) is 0 Å². The first-order valence-corrected chi connectivity index (χ1v) is 8.52. The van der Waals surface area contributed by atoms with Crippen LogP contribution in [0.3, 0.4) is 0 Å². The first-order valence-electron chi connectivity index (χ1n) is 8.52. The third kappa shape index (κ3) is 4.92. The number of benzene rings is 2. The van der Waals surface area contributed by atoms with Gasteiger partial charge in [-0.25, -0.2) is 5.43 Å². The smallest absolute Gasteiger partial charge is 0.289 e. The van der Waals surface area contributed by atoms with Crippen molar-refractivity contribution in [2.75, 3.05) is 7.11 Å². The van der Waals surface area contributed by atoms with Crippen LogP contribution >= 0.6 is 0 Å². The molecule has 29 heavy (non-hydrogen) atoms. The number of nitro groups is 1. The van der Waals surface area contributed by atoms with E-state index in [2.05, 4.69) is 20.7 Å². The molecule has 0 atom stereocenters. The fourth-order valence-corrected chi connectivity index (χ4v) is 2.49. The van der Waals surface area contributed by atoms with Crippen LogP contribution in [0.1, 0.15) is 16.1 Å². The highest BCUT2D eigenvalue weighted by atomic mass is 16.6. The van der Waals surface area contributed by atoms with E-state index in [4.69, 9.17) is 4.74 Å². The highest BCUT2D eigenvalue weighted by molar-refractivity contribution is 5.94. The SMILES string of the molecule is COc1ccc(-c2cc(C(=O)N/N=C/C=C/c3ccccc3[N+](=O)[O-])[nH]n2)cc1. The minimum absolute atomic E-state index is 0.00953. The Morgan fingerprint density at radius 3 is 2.72 bits per heavy atom. The summed E-state index contributed by atoms with van der Waals surface area (Å²) in [7, 11) is 1.59. The van der Waals surface area contributed by atoms with Crippen molar-refractivity contribution in [3.8, 4) is 17.0 Å². The summed E-state index contributed by atoms with van der Waals surface area (Å²) in [5.74, 6) is 0.262. The fourth-order valence-electron chi connectivity index (χ4n) is 2.49. The number of hydrogen-bond donors (Lipinski definition) is 2. The van der Waals surface area contributed by atoms with Gasteiger partial charge in [-0.05, 0) is 48.6 Å². The van der Waals surface area contributed by atoms with Crippen molar-refractivity contribution < 1.29 is 14.5 Å². The molecule has 1 amide bonds. The molecule has 1 aromatic heterocycles. The lowest BCUT2D eigenvalue weighted by Crippen LogP contribution is -2.17. The van der Waals surface area contributed by atoms with Gasteiger partial charge in [0.2, 0.25) is 0 Å². The van der Waals surface area contributed by atoms with Gasteiger partial charge < -0.3 is 4.74 Å². The molecule has 0 fully saturated rings. The van der Waals surface area contributed by atoms with Crippen LogP contribution in [0.2, 0.25) is 0 Å². The van der Waals surface area contributed by atoms with Crippen LogP contribution in [0.4, 0.5) is 5.69 Å². The number of hydrazone groups is 1. The van der Waals surface area contributed by atoms with Gasteiger partial charge in [-0.15, -0.1) is 0 Å². The number of carbonyl (C=O) groups excluding carboxylic acids is 1. The largest absolute Gasteiger partial charge is 0.497 e. The van der Waals surface area contributed by atoms with Crippen LogP contribution in [0, 0.1) is 10.1 Å². The normalized spacial score (nSPS) is 11.1. The standard InChI is InChI=1S/C20H17N5O4/c1-29-16-10-8-14(9-11-16)17-13-18(23-22-17)20(26)24-21-12-4-6-15-5-2-3-7-19(15)25(27)28/h2-13H,1H3,(H,22,23)(H,24,26)/b6-4+,21-12+. The average Bonchev–Trinajstić information content (AvgIpc) is 3.24. The molecular weight excluding hydrogens is 374 g/mol. The molecular formula is C20H17N5O4. The summed E-state index contributed by atoms with van der Waals surface area (Å²) in [4.78, 5) is 22.6. The highest BCUT2D eigenvalue weighted by Crippen LogP contribution is 2.21. The molecule has 0 aliphatic heterocycles. The van der Waals surface area contributed by atoms with Gasteiger partial charge in [0.25, 0.3) is 11.6 Å². The molecule has 2 N–H and O–H groups in total. The molecule has 0 aliphatic rings. The predicted octanol–water partition coefficient (Wildman–Crippen LogP) is 3.42. The molecule has 0 aliphatic carbocycles. The lowest BCUT2D eigenvalue weighted by Gasteiger charge is -1.99. The van der Waals surface area contributed by atoms with Crippen LogP contribution < -0.4 is 10.2 Å². The van der Waals surface area contributed by atoms with E-state index in [0.717, 1.165) is 11.3 Å². The summed E-state index contributed by atoms with van der Waals surface area (Å²) in [5.41, 5.74) is 4.47. The number of carbonyl (C=O) groups is 1. The first kappa shape index (κ1) is 19.5. The number of ether oxygens (including phenoxy) is 1.